The summed E-state index contributed by atoms with van der Waals surface area (Å²) in [6, 6.07) is 4.37. The Morgan fingerprint density at radius 2 is 2.18 bits per heavy atom. The molecule has 3 nitrogen and oxygen atoms in total. The van der Waals surface area contributed by atoms with Crippen LogP contribution in [0.5, 0.6) is 0 Å². The zero-order valence-electron chi connectivity index (χ0n) is 9.41. The van der Waals surface area contributed by atoms with Gasteiger partial charge in [0.1, 0.15) is 11.5 Å². The van der Waals surface area contributed by atoms with Crippen molar-refractivity contribution in [1.82, 2.24) is 5.32 Å². The van der Waals surface area contributed by atoms with Crippen molar-refractivity contribution in [1.29, 1.82) is 0 Å². The van der Waals surface area contributed by atoms with E-state index in [4.69, 9.17) is 8.83 Å². The van der Waals surface area contributed by atoms with Crippen LogP contribution in [-0.2, 0) is 13.0 Å². The highest BCUT2D eigenvalue weighted by molar-refractivity contribution is 9.10. The van der Waals surface area contributed by atoms with E-state index in [-0.39, 0.29) is 0 Å². The lowest BCUT2D eigenvalue weighted by Gasteiger charge is -2.22. The Balaban J connectivity index is 1.70. The first-order chi connectivity index (χ1) is 8.34. The molecule has 1 aliphatic rings. The minimum atomic E-state index is 0.384. The average Bonchev–Trinajstić information content (AvgIpc) is 2.95. The molecule has 0 aromatic carbocycles. The van der Waals surface area contributed by atoms with E-state index in [0.717, 1.165) is 35.4 Å². The number of nitrogens with one attached hydrogen (secondary N) is 1. The summed E-state index contributed by atoms with van der Waals surface area (Å²) in [4.78, 5) is 0. The Hall–Kier alpha value is -1.00. The van der Waals surface area contributed by atoms with Crippen molar-refractivity contribution in [2.75, 3.05) is 0 Å². The Kier molecular flexibility index (Phi) is 3.07. The SMILES string of the molecule is Brc1ccoc1CNC1CCCc2occc21. The summed E-state index contributed by atoms with van der Waals surface area (Å²) in [7, 11) is 0. The van der Waals surface area contributed by atoms with Crippen LogP contribution < -0.4 is 5.32 Å². The number of rotatable bonds is 3. The summed E-state index contributed by atoms with van der Waals surface area (Å²) in [6.45, 7) is 0.739. The van der Waals surface area contributed by atoms with E-state index in [9.17, 15) is 0 Å². The molecule has 17 heavy (non-hydrogen) atoms. The number of furan rings is 2. The quantitative estimate of drug-likeness (QED) is 0.936. The van der Waals surface area contributed by atoms with Gasteiger partial charge in [-0.1, -0.05) is 0 Å². The molecule has 0 saturated carbocycles. The molecule has 0 aliphatic heterocycles. The van der Waals surface area contributed by atoms with Gasteiger partial charge >= 0.3 is 0 Å². The Morgan fingerprint density at radius 3 is 3.00 bits per heavy atom. The van der Waals surface area contributed by atoms with Crippen molar-refractivity contribution in [3.63, 3.8) is 0 Å². The lowest BCUT2D eigenvalue weighted by Crippen LogP contribution is -2.23. The van der Waals surface area contributed by atoms with E-state index in [2.05, 4.69) is 27.3 Å². The summed E-state index contributed by atoms with van der Waals surface area (Å²) in [6.07, 6.45) is 6.88. The third-order valence-corrected chi connectivity index (χ3v) is 3.96. The van der Waals surface area contributed by atoms with E-state index in [0.29, 0.717) is 6.04 Å². The molecule has 2 heterocycles. The summed E-state index contributed by atoms with van der Waals surface area (Å²) in [5.41, 5.74) is 1.30. The van der Waals surface area contributed by atoms with Gasteiger partial charge in [0.25, 0.3) is 0 Å². The normalized spacial score (nSPS) is 19.2. The van der Waals surface area contributed by atoms with Gasteiger partial charge in [0.15, 0.2) is 0 Å². The Labute approximate surface area is 108 Å². The molecule has 0 saturated heterocycles. The highest BCUT2D eigenvalue weighted by atomic mass is 79.9. The van der Waals surface area contributed by atoms with Crippen LogP contribution in [0, 0.1) is 0 Å². The third-order valence-electron chi connectivity index (χ3n) is 3.25. The first kappa shape index (κ1) is 11.1. The van der Waals surface area contributed by atoms with E-state index >= 15 is 0 Å². The minimum Gasteiger partial charge on any atom is -0.469 e. The predicted octanol–water partition coefficient (Wildman–Crippen LogP) is 3.80. The molecule has 0 radical (unpaired) electrons. The Bertz CT molecular complexity index is 503. The third kappa shape index (κ3) is 2.19. The molecule has 2 aromatic heterocycles. The first-order valence-corrected chi connectivity index (χ1v) is 6.65. The van der Waals surface area contributed by atoms with E-state index in [1.807, 2.05) is 6.07 Å². The zero-order valence-corrected chi connectivity index (χ0v) is 11.0. The molecule has 0 spiro atoms. The number of hydrogen-bond acceptors (Lipinski definition) is 3. The summed E-state index contributed by atoms with van der Waals surface area (Å²) in [5, 5.41) is 3.52. The fourth-order valence-electron chi connectivity index (χ4n) is 2.37. The van der Waals surface area contributed by atoms with Gasteiger partial charge in [0.05, 0.1) is 23.5 Å². The molecule has 1 unspecified atom stereocenters. The van der Waals surface area contributed by atoms with Crippen LogP contribution in [0.25, 0.3) is 0 Å². The lowest BCUT2D eigenvalue weighted by atomic mass is 9.93. The molecule has 4 heteroatoms. The van der Waals surface area contributed by atoms with E-state index < -0.39 is 0 Å². The second kappa shape index (κ2) is 4.70. The summed E-state index contributed by atoms with van der Waals surface area (Å²) >= 11 is 3.46. The maximum atomic E-state index is 5.47. The molecule has 0 amide bonds. The Morgan fingerprint density at radius 1 is 1.29 bits per heavy atom. The topological polar surface area (TPSA) is 38.3 Å². The van der Waals surface area contributed by atoms with Crippen molar-refractivity contribution in [2.24, 2.45) is 0 Å². The standard InChI is InChI=1S/C13H14BrNO2/c14-10-5-7-17-13(10)8-15-11-2-1-3-12-9(11)4-6-16-12/h4-7,11,15H,1-3,8H2. The van der Waals surface area contributed by atoms with E-state index in [1.165, 1.54) is 12.0 Å². The number of aryl methyl sites for hydroxylation is 1. The van der Waals surface area contributed by atoms with Crippen LogP contribution in [0.15, 0.2) is 38.0 Å². The van der Waals surface area contributed by atoms with Gasteiger partial charge in [-0.2, -0.15) is 0 Å². The van der Waals surface area contributed by atoms with Gasteiger partial charge < -0.3 is 14.2 Å². The smallest absolute Gasteiger partial charge is 0.131 e. The second-order valence-electron chi connectivity index (χ2n) is 4.32. The molecule has 0 bridgehead atoms. The molecule has 90 valence electrons. The fraction of sp³-hybridized carbons (Fsp3) is 0.385. The molecule has 0 fully saturated rings. The van der Waals surface area contributed by atoms with Gasteiger partial charge in [-0.25, -0.2) is 0 Å². The zero-order chi connectivity index (χ0) is 11.7. The van der Waals surface area contributed by atoms with Crippen LogP contribution in [0.1, 0.15) is 36.0 Å². The van der Waals surface area contributed by atoms with Crippen LogP contribution in [0.3, 0.4) is 0 Å². The molecule has 2 aromatic rings. The van der Waals surface area contributed by atoms with Gasteiger partial charge in [0, 0.05) is 18.0 Å². The highest BCUT2D eigenvalue weighted by Gasteiger charge is 2.22. The van der Waals surface area contributed by atoms with Crippen molar-refractivity contribution in [3.05, 3.63) is 46.2 Å². The maximum Gasteiger partial charge on any atom is 0.131 e. The first-order valence-electron chi connectivity index (χ1n) is 5.86. The van der Waals surface area contributed by atoms with Crippen molar-refractivity contribution in [2.45, 2.75) is 31.8 Å². The van der Waals surface area contributed by atoms with Crippen LogP contribution >= 0.6 is 15.9 Å². The van der Waals surface area contributed by atoms with Gasteiger partial charge in [-0.05, 0) is 40.9 Å². The molecule has 3 rings (SSSR count). The van der Waals surface area contributed by atoms with Crippen LogP contribution in [-0.4, -0.2) is 0 Å². The van der Waals surface area contributed by atoms with Gasteiger partial charge in [-0.3, -0.25) is 0 Å². The van der Waals surface area contributed by atoms with Crippen LogP contribution in [0.4, 0.5) is 0 Å². The fourth-order valence-corrected chi connectivity index (χ4v) is 2.71. The highest BCUT2D eigenvalue weighted by Crippen LogP contribution is 2.31. The van der Waals surface area contributed by atoms with Crippen molar-refractivity contribution in [3.8, 4) is 0 Å². The second-order valence-corrected chi connectivity index (χ2v) is 5.17. The molecular weight excluding hydrogens is 282 g/mol. The minimum absolute atomic E-state index is 0.384. The van der Waals surface area contributed by atoms with Gasteiger partial charge in [0.2, 0.25) is 0 Å². The maximum absolute atomic E-state index is 5.47. The monoisotopic (exact) mass is 295 g/mol. The number of halogens is 1. The van der Waals surface area contributed by atoms with Crippen molar-refractivity contribution >= 4 is 15.9 Å². The molecular formula is C13H14BrNO2. The molecule has 1 aliphatic carbocycles. The average molecular weight is 296 g/mol. The number of hydrogen-bond donors (Lipinski definition) is 1. The number of fused-ring (bicyclic) bond motifs is 1. The van der Waals surface area contributed by atoms with Crippen LogP contribution in [0.2, 0.25) is 0 Å². The predicted molar refractivity (Wildman–Crippen MR) is 67.6 cm³/mol. The largest absolute Gasteiger partial charge is 0.469 e. The molecule has 1 N–H and O–H groups in total. The van der Waals surface area contributed by atoms with Crippen molar-refractivity contribution < 1.29 is 8.83 Å². The van der Waals surface area contributed by atoms with Gasteiger partial charge in [-0.15, -0.1) is 0 Å². The lowest BCUT2D eigenvalue weighted by molar-refractivity contribution is 0.391. The molecule has 1 atom stereocenters. The summed E-state index contributed by atoms with van der Waals surface area (Å²) < 4.78 is 11.9. The summed E-state index contributed by atoms with van der Waals surface area (Å²) in [5.74, 6) is 2.08. The van der Waals surface area contributed by atoms with E-state index in [1.54, 1.807) is 12.5 Å².